The number of ether oxygens (including phenoxy) is 2. The minimum atomic E-state index is -0.380. The number of amides is 2. The van der Waals surface area contributed by atoms with Crippen LogP contribution in [0.25, 0.3) is 16.8 Å². The molecule has 0 aliphatic carbocycles. The van der Waals surface area contributed by atoms with E-state index >= 15 is 0 Å². The van der Waals surface area contributed by atoms with Crippen molar-refractivity contribution < 1.29 is 19.1 Å². The largest absolute Gasteiger partial charge is 0.490 e. The summed E-state index contributed by atoms with van der Waals surface area (Å²) in [5.74, 6) is 0.480. The number of nitrogens with zero attached hydrogens (tertiary/aromatic N) is 1. The summed E-state index contributed by atoms with van der Waals surface area (Å²) in [6.07, 6.45) is 1.75. The number of carbonyl (C=O) groups excluding carboxylic acids is 2. The number of nitrogens with one attached hydrogen (secondary N) is 1. The monoisotopic (exact) mass is 672 g/mol. The summed E-state index contributed by atoms with van der Waals surface area (Å²) in [5, 5.41) is 5.22. The fourth-order valence-corrected chi connectivity index (χ4v) is 6.50. The number of halogens is 1. The van der Waals surface area contributed by atoms with Crippen LogP contribution in [0.4, 0.5) is 0 Å². The lowest BCUT2D eigenvalue weighted by molar-refractivity contribution is -0.123. The molecule has 10 heteroatoms. The van der Waals surface area contributed by atoms with Crippen molar-refractivity contribution in [2.75, 3.05) is 6.61 Å². The summed E-state index contributed by atoms with van der Waals surface area (Å²) in [6, 6.07) is 21.6. The predicted molar refractivity (Wildman–Crippen MR) is 165 cm³/mol. The SMILES string of the molecule is CCOc1cc(/C=C2/SC(=S)N(NC(=O)c3cccs3)C2=O)cc(I)c1OCc1cccc2ccccc12. The number of thiocarbonyl (C=S) groups is 1. The Labute approximate surface area is 247 Å². The third kappa shape index (κ3) is 5.73. The maximum atomic E-state index is 13.0. The van der Waals surface area contributed by atoms with Crippen molar-refractivity contribution in [3.8, 4) is 11.5 Å². The van der Waals surface area contributed by atoms with E-state index in [0.29, 0.717) is 34.5 Å². The van der Waals surface area contributed by atoms with E-state index in [1.165, 1.54) is 11.3 Å². The van der Waals surface area contributed by atoms with Crippen LogP contribution in [0.1, 0.15) is 27.7 Å². The molecule has 6 nitrogen and oxygen atoms in total. The number of carbonyl (C=O) groups is 2. The van der Waals surface area contributed by atoms with Crippen LogP contribution < -0.4 is 14.9 Å². The van der Waals surface area contributed by atoms with Crippen LogP contribution in [0.15, 0.2) is 77.0 Å². The molecule has 5 rings (SSSR count). The lowest BCUT2D eigenvalue weighted by Gasteiger charge is -2.16. The van der Waals surface area contributed by atoms with Crippen LogP contribution in [-0.2, 0) is 11.4 Å². The molecule has 0 radical (unpaired) electrons. The van der Waals surface area contributed by atoms with Gasteiger partial charge in [-0.15, -0.1) is 11.3 Å². The first-order chi connectivity index (χ1) is 18.4. The highest BCUT2D eigenvalue weighted by Crippen LogP contribution is 2.38. The van der Waals surface area contributed by atoms with E-state index in [9.17, 15) is 9.59 Å². The zero-order valence-electron chi connectivity index (χ0n) is 20.1. The van der Waals surface area contributed by atoms with Gasteiger partial charge in [-0.2, -0.15) is 5.01 Å². The molecular formula is C28H21IN2O4S3. The summed E-state index contributed by atoms with van der Waals surface area (Å²) < 4.78 is 13.3. The fraction of sp³-hybridized carbons (Fsp3) is 0.107. The van der Waals surface area contributed by atoms with Gasteiger partial charge in [-0.1, -0.05) is 60.3 Å². The van der Waals surface area contributed by atoms with Crippen molar-refractivity contribution in [2.45, 2.75) is 13.5 Å². The first-order valence-corrected chi connectivity index (χ1v) is 14.8. The summed E-state index contributed by atoms with van der Waals surface area (Å²) in [4.78, 5) is 26.4. The molecule has 0 unspecified atom stereocenters. The minimum Gasteiger partial charge on any atom is -0.490 e. The minimum absolute atomic E-state index is 0.265. The van der Waals surface area contributed by atoms with Crippen molar-refractivity contribution in [1.29, 1.82) is 0 Å². The Balaban J connectivity index is 1.37. The Morgan fingerprint density at radius 2 is 1.92 bits per heavy atom. The van der Waals surface area contributed by atoms with Crippen LogP contribution in [0.3, 0.4) is 0 Å². The van der Waals surface area contributed by atoms with Crippen LogP contribution in [0.2, 0.25) is 0 Å². The van der Waals surface area contributed by atoms with Crippen LogP contribution in [-0.4, -0.2) is 27.8 Å². The molecule has 2 amide bonds. The van der Waals surface area contributed by atoms with Crippen LogP contribution >= 0.6 is 57.9 Å². The van der Waals surface area contributed by atoms with E-state index < -0.39 is 0 Å². The molecule has 3 aromatic carbocycles. The van der Waals surface area contributed by atoms with Gasteiger partial charge in [0.05, 0.1) is 20.0 Å². The Bertz CT molecular complexity index is 1560. The van der Waals surface area contributed by atoms with Gasteiger partial charge in [0.25, 0.3) is 11.8 Å². The topological polar surface area (TPSA) is 67.9 Å². The van der Waals surface area contributed by atoms with Gasteiger partial charge in [0.15, 0.2) is 15.8 Å². The molecule has 0 spiro atoms. The molecule has 1 saturated heterocycles. The normalized spacial score (nSPS) is 14.4. The van der Waals surface area contributed by atoms with E-state index in [0.717, 1.165) is 42.2 Å². The van der Waals surface area contributed by atoms with Gasteiger partial charge in [0.1, 0.15) is 6.61 Å². The summed E-state index contributed by atoms with van der Waals surface area (Å²) >= 11 is 10.0. The van der Waals surface area contributed by atoms with E-state index in [4.69, 9.17) is 21.7 Å². The van der Waals surface area contributed by atoms with Gasteiger partial charge < -0.3 is 9.47 Å². The number of benzene rings is 3. The van der Waals surface area contributed by atoms with Gasteiger partial charge in [0, 0.05) is 0 Å². The zero-order chi connectivity index (χ0) is 26.6. The maximum Gasteiger partial charge on any atom is 0.285 e. The smallest absolute Gasteiger partial charge is 0.285 e. The quantitative estimate of drug-likeness (QED) is 0.123. The van der Waals surface area contributed by atoms with Gasteiger partial charge in [-0.3, -0.25) is 15.0 Å². The zero-order valence-corrected chi connectivity index (χ0v) is 24.7. The third-order valence-corrected chi connectivity index (χ3v) is 8.61. The molecule has 4 aromatic rings. The van der Waals surface area contributed by atoms with E-state index in [1.54, 1.807) is 23.6 Å². The molecule has 0 saturated carbocycles. The number of hydrogen-bond acceptors (Lipinski definition) is 7. The highest BCUT2D eigenvalue weighted by atomic mass is 127. The second-order valence-electron chi connectivity index (χ2n) is 8.13. The van der Waals surface area contributed by atoms with Crippen molar-refractivity contribution in [2.24, 2.45) is 0 Å². The third-order valence-electron chi connectivity index (χ3n) is 5.63. The molecule has 0 bridgehead atoms. The number of fused-ring (bicyclic) bond motifs is 1. The molecule has 1 fully saturated rings. The van der Waals surface area contributed by atoms with E-state index in [2.05, 4.69) is 52.3 Å². The number of rotatable bonds is 8. The fourth-order valence-electron chi connectivity index (χ4n) is 3.92. The standard InChI is InChI=1S/C28H21IN2O4S3/c1-2-34-22-14-17(15-24-27(33)31(28(36)38-24)30-26(32)23-11-6-12-37-23)13-21(29)25(22)35-16-19-9-5-8-18-7-3-4-10-20(18)19/h3-15H,2,16H2,1H3,(H,30,32)/b24-15+. The predicted octanol–water partition coefficient (Wildman–Crippen LogP) is 7.03. The summed E-state index contributed by atoms with van der Waals surface area (Å²) in [6.45, 7) is 2.76. The molecule has 2 heterocycles. The van der Waals surface area contributed by atoms with Gasteiger partial charge in [-0.05, 0) is 93.3 Å². The lowest BCUT2D eigenvalue weighted by atomic mass is 10.1. The van der Waals surface area contributed by atoms with Crippen molar-refractivity contribution in [3.05, 3.63) is 96.6 Å². The number of hydrogen-bond donors (Lipinski definition) is 1. The molecule has 1 aliphatic rings. The maximum absolute atomic E-state index is 13.0. The molecule has 0 atom stereocenters. The Kier molecular flexibility index (Phi) is 8.32. The first-order valence-electron chi connectivity index (χ1n) is 11.6. The second-order valence-corrected chi connectivity index (χ2v) is 11.9. The van der Waals surface area contributed by atoms with Crippen LogP contribution in [0.5, 0.6) is 11.5 Å². The van der Waals surface area contributed by atoms with E-state index in [1.807, 2.05) is 37.3 Å². The molecule has 1 N–H and O–H groups in total. The lowest BCUT2D eigenvalue weighted by Crippen LogP contribution is -2.44. The second kappa shape index (κ2) is 11.9. The molecular weight excluding hydrogens is 651 g/mol. The summed E-state index contributed by atoms with van der Waals surface area (Å²) in [5.41, 5.74) is 4.45. The Hall–Kier alpha value is -2.93. The van der Waals surface area contributed by atoms with Gasteiger partial charge in [-0.25, -0.2) is 0 Å². The number of thiophene rings is 1. The molecule has 1 aliphatic heterocycles. The molecule has 38 heavy (non-hydrogen) atoms. The average molecular weight is 673 g/mol. The van der Waals surface area contributed by atoms with Gasteiger partial charge in [0.2, 0.25) is 0 Å². The highest BCUT2D eigenvalue weighted by molar-refractivity contribution is 14.1. The van der Waals surface area contributed by atoms with Crippen LogP contribution in [0, 0.1) is 3.57 Å². The average Bonchev–Trinajstić information content (AvgIpc) is 3.54. The molecule has 1 aromatic heterocycles. The molecule has 192 valence electrons. The first kappa shape index (κ1) is 26.7. The van der Waals surface area contributed by atoms with Crippen molar-refractivity contribution in [3.63, 3.8) is 0 Å². The Morgan fingerprint density at radius 1 is 1.11 bits per heavy atom. The van der Waals surface area contributed by atoms with Gasteiger partial charge >= 0.3 is 0 Å². The summed E-state index contributed by atoms with van der Waals surface area (Å²) in [7, 11) is 0. The number of hydrazine groups is 1. The van der Waals surface area contributed by atoms with E-state index in [-0.39, 0.29) is 16.1 Å². The number of thioether (sulfide) groups is 1. The van der Waals surface area contributed by atoms with Crippen molar-refractivity contribution >= 4 is 90.9 Å². The highest BCUT2D eigenvalue weighted by Gasteiger charge is 2.34. The van der Waals surface area contributed by atoms with Crippen molar-refractivity contribution in [1.82, 2.24) is 10.4 Å². The Morgan fingerprint density at radius 3 is 2.71 bits per heavy atom.